The molecule has 1 unspecified atom stereocenters. The highest BCUT2D eigenvalue weighted by molar-refractivity contribution is 9.10. The molecule has 1 aromatic rings. The van der Waals surface area contributed by atoms with Crippen molar-refractivity contribution in [1.29, 1.82) is 0 Å². The number of primary sulfonamides is 1. The van der Waals surface area contributed by atoms with E-state index >= 15 is 0 Å². The normalized spacial score (nSPS) is 17.1. The summed E-state index contributed by atoms with van der Waals surface area (Å²) in [7, 11) is -3.96. The Morgan fingerprint density at radius 3 is 2.57 bits per heavy atom. The third-order valence-electron chi connectivity index (χ3n) is 3.78. The Kier molecular flexibility index (Phi) is 4.97. The van der Waals surface area contributed by atoms with Gasteiger partial charge in [-0.2, -0.15) is 0 Å². The van der Waals surface area contributed by atoms with Gasteiger partial charge in [0.1, 0.15) is 0 Å². The Morgan fingerprint density at radius 2 is 2.10 bits per heavy atom. The van der Waals surface area contributed by atoms with Gasteiger partial charge in [-0.15, -0.1) is 0 Å². The molecular formula is C13H16BrClN2O3S. The molecular weight excluding hydrogens is 380 g/mol. The lowest BCUT2D eigenvalue weighted by Gasteiger charge is -2.31. The molecule has 1 aromatic carbocycles. The van der Waals surface area contributed by atoms with E-state index in [4.69, 9.17) is 16.7 Å². The van der Waals surface area contributed by atoms with Crippen molar-refractivity contribution >= 4 is 43.5 Å². The van der Waals surface area contributed by atoms with Crippen molar-refractivity contribution in [1.82, 2.24) is 5.32 Å². The lowest BCUT2D eigenvalue weighted by atomic mass is 9.80. The fourth-order valence-electron chi connectivity index (χ4n) is 2.25. The van der Waals surface area contributed by atoms with Crippen LogP contribution in [-0.4, -0.2) is 20.4 Å². The number of carbonyl (C=O) groups is 1. The van der Waals surface area contributed by atoms with Gasteiger partial charge in [-0.05, 0) is 53.7 Å². The van der Waals surface area contributed by atoms with Crippen LogP contribution in [0.2, 0.25) is 5.02 Å². The maximum atomic E-state index is 12.2. The number of hydrogen-bond donors (Lipinski definition) is 2. The zero-order chi connectivity index (χ0) is 15.8. The first-order chi connectivity index (χ1) is 9.70. The number of sulfonamides is 1. The van der Waals surface area contributed by atoms with Crippen LogP contribution in [0.4, 0.5) is 0 Å². The molecule has 1 fully saturated rings. The van der Waals surface area contributed by atoms with Crippen molar-refractivity contribution in [3.63, 3.8) is 0 Å². The Bertz CT molecular complexity index is 674. The van der Waals surface area contributed by atoms with Crippen LogP contribution in [0.1, 0.15) is 36.5 Å². The molecule has 0 spiro atoms. The van der Waals surface area contributed by atoms with Crippen LogP contribution in [0, 0.1) is 5.92 Å². The van der Waals surface area contributed by atoms with Crippen LogP contribution in [0.25, 0.3) is 0 Å². The van der Waals surface area contributed by atoms with E-state index in [-0.39, 0.29) is 31.9 Å². The van der Waals surface area contributed by atoms with E-state index < -0.39 is 10.0 Å². The topological polar surface area (TPSA) is 89.3 Å². The molecule has 1 aliphatic rings. The number of benzene rings is 1. The Morgan fingerprint density at radius 1 is 1.48 bits per heavy atom. The average molecular weight is 396 g/mol. The second-order valence-corrected chi connectivity index (χ2v) is 8.00. The van der Waals surface area contributed by atoms with Gasteiger partial charge in [0.15, 0.2) is 0 Å². The molecule has 0 saturated heterocycles. The molecule has 1 amide bonds. The summed E-state index contributed by atoms with van der Waals surface area (Å²) in [6.07, 6.45) is 3.39. The summed E-state index contributed by atoms with van der Waals surface area (Å²) in [6.45, 7) is 1.95. The first kappa shape index (κ1) is 16.7. The molecule has 0 radical (unpaired) electrons. The van der Waals surface area contributed by atoms with Crippen molar-refractivity contribution in [2.24, 2.45) is 11.1 Å². The summed E-state index contributed by atoms with van der Waals surface area (Å²) in [5.74, 6) is 0.131. The van der Waals surface area contributed by atoms with Crippen molar-refractivity contribution in [3.05, 3.63) is 27.2 Å². The number of carbonyl (C=O) groups excluding carboxylic acids is 1. The zero-order valence-electron chi connectivity index (χ0n) is 11.4. The van der Waals surface area contributed by atoms with Gasteiger partial charge in [-0.3, -0.25) is 4.79 Å². The van der Waals surface area contributed by atoms with E-state index in [2.05, 4.69) is 21.2 Å². The summed E-state index contributed by atoms with van der Waals surface area (Å²) >= 11 is 9.03. The van der Waals surface area contributed by atoms with Crippen LogP contribution in [-0.2, 0) is 10.0 Å². The molecule has 0 aliphatic heterocycles. The molecule has 3 N–H and O–H groups in total. The molecule has 1 saturated carbocycles. The van der Waals surface area contributed by atoms with E-state index in [9.17, 15) is 13.2 Å². The van der Waals surface area contributed by atoms with E-state index in [1.165, 1.54) is 18.6 Å². The smallest absolute Gasteiger partial charge is 0.251 e. The van der Waals surface area contributed by atoms with E-state index in [0.29, 0.717) is 5.92 Å². The van der Waals surface area contributed by atoms with Crippen molar-refractivity contribution in [2.75, 3.05) is 0 Å². The summed E-state index contributed by atoms with van der Waals surface area (Å²) in [4.78, 5) is 12.0. The standard InChI is InChI=1S/C13H16BrClN2O3S/c1-7(8-3-2-4-8)17-13(18)9-5-10(15)12(14)11(6-9)21(16,19)20/h5-8H,2-4H2,1H3,(H,17,18)(H2,16,19,20). The number of hydrogen-bond acceptors (Lipinski definition) is 3. The summed E-state index contributed by atoms with van der Waals surface area (Å²) < 4.78 is 23.2. The minimum absolute atomic E-state index is 0.0478. The minimum atomic E-state index is -3.96. The van der Waals surface area contributed by atoms with Gasteiger partial charge in [-0.25, -0.2) is 13.6 Å². The van der Waals surface area contributed by atoms with Gasteiger partial charge in [0.2, 0.25) is 10.0 Å². The van der Waals surface area contributed by atoms with Gasteiger partial charge in [-0.1, -0.05) is 18.0 Å². The SMILES string of the molecule is CC(NC(=O)c1cc(Cl)c(Br)c(S(N)(=O)=O)c1)C1CCC1. The van der Waals surface area contributed by atoms with Gasteiger partial charge >= 0.3 is 0 Å². The summed E-state index contributed by atoms with van der Waals surface area (Å²) in [5, 5.41) is 8.13. The van der Waals surface area contributed by atoms with E-state index in [1.807, 2.05) is 6.92 Å². The van der Waals surface area contributed by atoms with Crippen molar-refractivity contribution in [2.45, 2.75) is 37.1 Å². The molecule has 0 heterocycles. The molecule has 0 bridgehead atoms. The van der Waals surface area contributed by atoms with Crippen LogP contribution in [0.3, 0.4) is 0 Å². The third-order valence-corrected chi connectivity index (χ3v) is 6.36. The highest BCUT2D eigenvalue weighted by Crippen LogP contribution is 2.32. The fraction of sp³-hybridized carbons (Fsp3) is 0.462. The summed E-state index contributed by atoms with van der Waals surface area (Å²) in [6, 6.07) is 2.70. The largest absolute Gasteiger partial charge is 0.349 e. The van der Waals surface area contributed by atoms with Gasteiger partial charge in [0, 0.05) is 11.6 Å². The maximum Gasteiger partial charge on any atom is 0.251 e. The Balaban J connectivity index is 2.27. The van der Waals surface area contributed by atoms with E-state index in [0.717, 1.165) is 12.8 Å². The zero-order valence-corrected chi connectivity index (χ0v) is 14.6. The number of nitrogens with two attached hydrogens (primary N) is 1. The molecule has 0 aromatic heterocycles. The van der Waals surface area contributed by atoms with Crippen molar-refractivity contribution in [3.8, 4) is 0 Å². The molecule has 21 heavy (non-hydrogen) atoms. The van der Waals surface area contributed by atoms with Gasteiger partial charge < -0.3 is 5.32 Å². The Hall–Kier alpha value is -0.630. The van der Waals surface area contributed by atoms with Crippen LogP contribution in [0.15, 0.2) is 21.5 Å². The third kappa shape index (κ3) is 3.77. The number of amides is 1. The molecule has 2 rings (SSSR count). The lowest BCUT2D eigenvalue weighted by Crippen LogP contribution is -2.40. The lowest BCUT2D eigenvalue weighted by molar-refractivity contribution is 0.0909. The van der Waals surface area contributed by atoms with E-state index in [1.54, 1.807) is 0 Å². The average Bonchev–Trinajstić information content (AvgIpc) is 2.28. The minimum Gasteiger partial charge on any atom is -0.349 e. The molecule has 5 nitrogen and oxygen atoms in total. The first-order valence-electron chi connectivity index (χ1n) is 6.53. The predicted molar refractivity (Wildman–Crippen MR) is 84.8 cm³/mol. The fourth-order valence-corrected chi connectivity index (χ4v) is 4.08. The number of nitrogens with one attached hydrogen (secondary N) is 1. The second kappa shape index (κ2) is 6.24. The maximum absolute atomic E-state index is 12.2. The second-order valence-electron chi connectivity index (χ2n) is 5.27. The highest BCUT2D eigenvalue weighted by atomic mass is 79.9. The summed E-state index contributed by atoms with van der Waals surface area (Å²) in [5.41, 5.74) is 0.179. The number of rotatable bonds is 4. The predicted octanol–water partition coefficient (Wildman–Crippen LogP) is 2.67. The molecule has 8 heteroatoms. The quantitative estimate of drug-likeness (QED) is 0.821. The monoisotopic (exact) mass is 394 g/mol. The highest BCUT2D eigenvalue weighted by Gasteiger charge is 2.26. The van der Waals surface area contributed by atoms with Crippen LogP contribution in [0.5, 0.6) is 0 Å². The molecule has 1 aliphatic carbocycles. The molecule has 1 atom stereocenters. The first-order valence-corrected chi connectivity index (χ1v) is 9.24. The van der Waals surface area contributed by atoms with Crippen LogP contribution < -0.4 is 10.5 Å². The Labute approximate surface area is 137 Å². The van der Waals surface area contributed by atoms with Crippen LogP contribution >= 0.6 is 27.5 Å². The molecule has 116 valence electrons. The van der Waals surface area contributed by atoms with Crippen molar-refractivity contribution < 1.29 is 13.2 Å². The van der Waals surface area contributed by atoms with Gasteiger partial charge in [0.05, 0.1) is 14.4 Å². The van der Waals surface area contributed by atoms with Gasteiger partial charge in [0.25, 0.3) is 5.91 Å². The number of halogens is 2.